The Balaban J connectivity index is 1.84. The van der Waals surface area contributed by atoms with Crippen molar-refractivity contribution in [2.75, 3.05) is 6.61 Å². The summed E-state index contributed by atoms with van der Waals surface area (Å²) < 4.78 is 54.9. The molecule has 1 aliphatic rings. The molecule has 128 valence electrons. The third kappa shape index (κ3) is 3.51. The molecule has 0 saturated heterocycles. The minimum absolute atomic E-state index is 0.0115. The van der Waals surface area contributed by atoms with Crippen LogP contribution in [-0.2, 0) is 14.3 Å². The molecule has 0 amide bonds. The number of fused-ring (bicyclic) bond motifs is 1. The van der Waals surface area contributed by atoms with Crippen molar-refractivity contribution in [1.29, 1.82) is 0 Å². The maximum atomic E-state index is 13.7. The molecule has 1 unspecified atom stereocenters. The van der Waals surface area contributed by atoms with Crippen LogP contribution >= 0.6 is 27.5 Å². The van der Waals surface area contributed by atoms with E-state index in [4.69, 9.17) is 25.3 Å². The molecule has 0 aromatic heterocycles. The molecule has 0 radical (unpaired) electrons. The molecule has 0 aliphatic carbocycles. The maximum absolute atomic E-state index is 13.7. The van der Waals surface area contributed by atoms with Gasteiger partial charge in [0.2, 0.25) is 0 Å². The molecule has 9 heteroatoms. The summed E-state index contributed by atoms with van der Waals surface area (Å²) in [6.07, 6.45) is -1.25. The number of hydrogen-bond acceptors (Lipinski definition) is 5. The summed E-state index contributed by atoms with van der Waals surface area (Å²) in [5, 5.41) is 0.0992. The molecule has 24 heavy (non-hydrogen) atoms. The molecular weight excluding hydrogens is 427 g/mol. The van der Waals surface area contributed by atoms with E-state index in [-0.39, 0.29) is 28.0 Å². The molecule has 2 aromatic carbocycles. The summed E-state index contributed by atoms with van der Waals surface area (Å²) in [6, 6.07) is 7.06. The van der Waals surface area contributed by atoms with Gasteiger partial charge in [0.25, 0.3) is 6.29 Å². The highest BCUT2D eigenvalue weighted by atomic mass is 79.9. The molecule has 5 nitrogen and oxygen atoms in total. The highest BCUT2D eigenvalue weighted by Crippen LogP contribution is 2.37. The fourth-order valence-electron chi connectivity index (χ4n) is 2.23. The molecule has 0 N–H and O–H groups in total. The van der Waals surface area contributed by atoms with E-state index in [1.165, 1.54) is 12.1 Å². The number of aryl methyl sites for hydroxylation is 1. The maximum Gasteiger partial charge on any atom is 0.300 e. The lowest BCUT2D eigenvalue weighted by atomic mass is 10.2. The summed E-state index contributed by atoms with van der Waals surface area (Å²) in [4.78, 5) is 0.0115. The molecule has 1 atom stereocenters. The predicted octanol–water partition coefficient (Wildman–Crippen LogP) is 4.05. The number of rotatable bonds is 3. The monoisotopic (exact) mass is 436 g/mol. The zero-order valence-corrected chi connectivity index (χ0v) is 15.4. The Morgan fingerprint density at radius 1 is 1.33 bits per heavy atom. The van der Waals surface area contributed by atoms with Gasteiger partial charge in [0, 0.05) is 15.6 Å². The molecule has 0 bridgehead atoms. The summed E-state index contributed by atoms with van der Waals surface area (Å²) in [6.45, 7) is 1.37. The Hall–Kier alpha value is -1.35. The van der Waals surface area contributed by atoms with Gasteiger partial charge in [0.05, 0.1) is 4.90 Å². The van der Waals surface area contributed by atoms with Gasteiger partial charge in [-0.2, -0.15) is 8.42 Å². The molecule has 1 aliphatic heterocycles. The van der Waals surface area contributed by atoms with Crippen molar-refractivity contribution < 1.29 is 26.5 Å². The van der Waals surface area contributed by atoms with Crippen molar-refractivity contribution >= 4 is 37.6 Å². The zero-order chi connectivity index (χ0) is 17.5. The van der Waals surface area contributed by atoms with Crippen LogP contribution in [0.15, 0.2) is 39.7 Å². The standard InChI is InChI=1S/C15H11BrClFO5S/c1-8-4-9(16)2-3-13(8)24(19,20)23-14-7-21-15-11(18)5-10(17)6-12(15)22-14/h2-6,14H,7H2,1H3. The molecule has 1 heterocycles. The zero-order valence-electron chi connectivity index (χ0n) is 12.3. The average Bonchev–Trinajstić information content (AvgIpc) is 2.45. The number of ether oxygens (including phenoxy) is 2. The predicted molar refractivity (Wildman–Crippen MR) is 88.5 cm³/mol. The van der Waals surface area contributed by atoms with Crippen molar-refractivity contribution in [3.05, 3.63) is 51.2 Å². The first kappa shape index (κ1) is 17.5. The van der Waals surface area contributed by atoms with Gasteiger partial charge in [-0.3, -0.25) is 0 Å². The van der Waals surface area contributed by atoms with Crippen LogP contribution in [-0.4, -0.2) is 21.3 Å². The van der Waals surface area contributed by atoms with E-state index >= 15 is 0 Å². The van der Waals surface area contributed by atoms with Gasteiger partial charge in [-0.05, 0) is 36.8 Å². The number of halogens is 3. The Kier molecular flexibility index (Phi) is 4.74. The van der Waals surface area contributed by atoms with E-state index in [0.29, 0.717) is 5.56 Å². The van der Waals surface area contributed by atoms with E-state index in [1.807, 2.05) is 0 Å². The van der Waals surface area contributed by atoms with Crippen molar-refractivity contribution in [3.8, 4) is 11.5 Å². The van der Waals surface area contributed by atoms with Gasteiger partial charge in [-0.25, -0.2) is 8.57 Å². The molecule has 0 spiro atoms. The van der Waals surface area contributed by atoms with Crippen molar-refractivity contribution in [2.24, 2.45) is 0 Å². The Morgan fingerprint density at radius 3 is 2.79 bits per heavy atom. The third-order valence-electron chi connectivity index (χ3n) is 3.24. The largest absolute Gasteiger partial charge is 0.480 e. The summed E-state index contributed by atoms with van der Waals surface area (Å²) in [7, 11) is -4.08. The second-order valence-corrected chi connectivity index (χ2v) is 7.93. The van der Waals surface area contributed by atoms with Crippen LogP contribution in [0.2, 0.25) is 5.02 Å². The normalized spacial score (nSPS) is 16.9. The van der Waals surface area contributed by atoms with E-state index in [2.05, 4.69) is 15.9 Å². The van der Waals surface area contributed by atoms with E-state index in [0.717, 1.165) is 10.5 Å². The van der Waals surface area contributed by atoms with Crippen LogP contribution in [0.3, 0.4) is 0 Å². The molecular formula is C15H11BrClFO5S. The molecule has 2 aromatic rings. The highest BCUT2D eigenvalue weighted by Gasteiger charge is 2.30. The minimum Gasteiger partial charge on any atom is -0.480 e. The SMILES string of the molecule is Cc1cc(Br)ccc1S(=O)(=O)OC1COc2c(F)cc(Cl)cc2O1. The van der Waals surface area contributed by atoms with Gasteiger partial charge in [0.15, 0.2) is 23.9 Å². The van der Waals surface area contributed by atoms with Gasteiger partial charge in [0.1, 0.15) is 0 Å². The van der Waals surface area contributed by atoms with E-state index in [1.54, 1.807) is 19.1 Å². The van der Waals surface area contributed by atoms with E-state index < -0.39 is 22.2 Å². The minimum atomic E-state index is -4.08. The Labute approximate surface area is 151 Å². The first-order valence-corrected chi connectivity index (χ1v) is 9.32. The molecule has 0 saturated carbocycles. The van der Waals surface area contributed by atoms with Gasteiger partial charge in [-0.1, -0.05) is 27.5 Å². The Bertz CT molecular complexity index is 903. The van der Waals surface area contributed by atoms with Crippen LogP contribution < -0.4 is 9.47 Å². The van der Waals surface area contributed by atoms with Crippen LogP contribution in [0.1, 0.15) is 5.56 Å². The van der Waals surface area contributed by atoms with Crippen molar-refractivity contribution in [2.45, 2.75) is 18.1 Å². The topological polar surface area (TPSA) is 61.8 Å². The van der Waals surface area contributed by atoms with Crippen LogP contribution in [0.25, 0.3) is 0 Å². The first-order chi connectivity index (χ1) is 11.3. The number of benzene rings is 2. The molecule has 3 rings (SSSR count). The lowest BCUT2D eigenvalue weighted by Gasteiger charge is -2.26. The van der Waals surface area contributed by atoms with Crippen LogP contribution in [0.5, 0.6) is 11.5 Å². The van der Waals surface area contributed by atoms with Gasteiger partial charge < -0.3 is 9.47 Å². The lowest BCUT2D eigenvalue weighted by molar-refractivity contribution is -0.0454. The fraction of sp³-hybridized carbons (Fsp3) is 0.200. The average molecular weight is 438 g/mol. The summed E-state index contributed by atoms with van der Waals surface area (Å²) in [5.41, 5.74) is 0.510. The lowest BCUT2D eigenvalue weighted by Crippen LogP contribution is -2.34. The first-order valence-electron chi connectivity index (χ1n) is 6.74. The van der Waals surface area contributed by atoms with Crippen LogP contribution in [0.4, 0.5) is 4.39 Å². The number of hydrogen-bond donors (Lipinski definition) is 0. The quantitative estimate of drug-likeness (QED) is 0.678. The second-order valence-electron chi connectivity index (χ2n) is 5.03. The second kappa shape index (κ2) is 6.51. The fourth-order valence-corrected chi connectivity index (χ4v) is 4.06. The van der Waals surface area contributed by atoms with Crippen molar-refractivity contribution in [3.63, 3.8) is 0 Å². The van der Waals surface area contributed by atoms with Gasteiger partial charge >= 0.3 is 10.1 Å². The smallest absolute Gasteiger partial charge is 0.300 e. The van der Waals surface area contributed by atoms with Crippen molar-refractivity contribution in [1.82, 2.24) is 0 Å². The summed E-state index contributed by atoms with van der Waals surface area (Å²) >= 11 is 9.02. The summed E-state index contributed by atoms with van der Waals surface area (Å²) in [5.74, 6) is -0.835. The highest BCUT2D eigenvalue weighted by molar-refractivity contribution is 9.10. The van der Waals surface area contributed by atoms with Gasteiger partial charge in [-0.15, -0.1) is 0 Å². The van der Waals surface area contributed by atoms with E-state index in [9.17, 15) is 12.8 Å². The molecule has 0 fully saturated rings. The van der Waals surface area contributed by atoms with Crippen LogP contribution in [0, 0.1) is 12.7 Å². The third-order valence-corrected chi connectivity index (χ3v) is 5.41. The Morgan fingerprint density at radius 2 is 2.08 bits per heavy atom.